The van der Waals surface area contributed by atoms with Crippen LogP contribution < -0.4 is 14.8 Å². The molecule has 1 aliphatic rings. The summed E-state index contributed by atoms with van der Waals surface area (Å²) in [4.78, 5) is 11.4. The Morgan fingerprint density at radius 3 is 2.82 bits per heavy atom. The van der Waals surface area contributed by atoms with Crippen LogP contribution in [0.1, 0.15) is 13.8 Å². The Labute approximate surface area is 101 Å². The molecule has 1 N–H and O–H groups in total. The van der Waals surface area contributed by atoms with Gasteiger partial charge in [0.1, 0.15) is 12.7 Å². The molecule has 0 aromatic heterocycles. The summed E-state index contributed by atoms with van der Waals surface area (Å²) < 4.78 is 11.3. The van der Waals surface area contributed by atoms with Crippen LogP contribution in [-0.4, -0.2) is 25.2 Å². The normalized spacial score (nSPS) is 17.9. The summed E-state index contributed by atoms with van der Waals surface area (Å²) >= 11 is 0. The van der Waals surface area contributed by atoms with Crippen LogP contribution in [0.2, 0.25) is 0 Å². The molecule has 1 amide bonds. The molecule has 4 nitrogen and oxygen atoms in total. The number of fused-ring (bicyclic) bond motifs is 1. The van der Waals surface area contributed by atoms with E-state index in [2.05, 4.69) is 5.32 Å². The van der Waals surface area contributed by atoms with Gasteiger partial charge in [0, 0.05) is 5.92 Å². The van der Waals surface area contributed by atoms with E-state index in [0.29, 0.717) is 13.2 Å². The van der Waals surface area contributed by atoms with Crippen molar-refractivity contribution in [2.75, 3.05) is 13.2 Å². The molecule has 92 valence electrons. The smallest absolute Gasteiger partial charge is 0.222 e. The minimum absolute atomic E-state index is 0.00760. The van der Waals surface area contributed by atoms with Crippen LogP contribution in [0.3, 0.4) is 0 Å². The quantitative estimate of drug-likeness (QED) is 0.865. The number of hydrogen-bond donors (Lipinski definition) is 1. The molecule has 0 saturated carbocycles. The van der Waals surface area contributed by atoms with E-state index >= 15 is 0 Å². The van der Waals surface area contributed by atoms with Gasteiger partial charge in [-0.1, -0.05) is 26.0 Å². The average molecular weight is 235 g/mol. The SMILES string of the molecule is CC(C)C(=O)NC[C@H]1COc2ccccc2O1. The van der Waals surface area contributed by atoms with Gasteiger partial charge in [-0.25, -0.2) is 0 Å². The maximum absolute atomic E-state index is 11.4. The number of para-hydroxylation sites is 2. The lowest BCUT2D eigenvalue weighted by Gasteiger charge is -2.26. The zero-order valence-corrected chi connectivity index (χ0v) is 10.1. The lowest BCUT2D eigenvalue weighted by atomic mass is 10.2. The van der Waals surface area contributed by atoms with Gasteiger partial charge in [-0.05, 0) is 12.1 Å². The molecule has 0 aliphatic carbocycles. The van der Waals surface area contributed by atoms with E-state index < -0.39 is 0 Å². The molecular weight excluding hydrogens is 218 g/mol. The second-order valence-electron chi connectivity index (χ2n) is 4.40. The molecule has 0 unspecified atom stereocenters. The number of amides is 1. The summed E-state index contributed by atoms with van der Waals surface area (Å²) in [7, 11) is 0. The molecule has 0 saturated heterocycles. The number of ether oxygens (including phenoxy) is 2. The molecule has 0 bridgehead atoms. The Balaban J connectivity index is 1.88. The van der Waals surface area contributed by atoms with Gasteiger partial charge in [0.2, 0.25) is 5.91 Å². The molecule has 1 aromatic rings. The predicted molar refractivity (Wildman–Crippen MR) is 64.2 cm³/mol. The van der Waals surface area contributed by atoms with Crippen LogP contribution in [0.5, 0.6) is 11.5 Å². The first-order valence-electron chi connectivity index (χ1n) is 5.83. The highest BCUT2D eigenvalue weighted by molar-refractivity contribution is 5.77. The lowest BCUT2D eigenvalue weighted by Crippen LogP contribution is -2.41. The number of carbonyl (C=O) groups excluding carboxylic acids is 1. The van der Waals surface area contributed by atoms with Crippen molar-refractivity contribution < 1.29 is 14.3 Å². The molecular formula is C13H17NO3. The zero-order chi connectivity index (χ0) is 12.3. The van der Waals surface area contributed by atoms with Gasteiger partial charge in [0.25, 0.3) is 0 Å². The highest BCUT2D eigenvalue weighted by Crippen LogP contribution is 2.30. The fourth-order valence-electron chi connectivity index (χ4n) is 1.58. The molecule has 1 aromatic carbocycles. The molecule has 0 radical (unpaired) electrons. The van der Waals surface area contributed by atoms with Gasteiger partial charge >= 0.3 is 0 Å². The van der Waals surface area contributed by atoms with E-state index in [-0.39, 0.29) is 17.9 Å². The summed E-state index contributed by atoms with van der Waals surface area (Å²) in [6.45, 7) is 4.67. The second-order valence-corrected chi connectivity index (χ2v) is 4.40. The van der Waals surface area contributed by atoms with Crippen molar-refractivity contribution >= 4 is 5.91 Å². The fourth-order valence-corrected chi connectivity index (χ4v) is 1.58. The third-order valence-corrected chi connectivity index (χ3v) is 2.60. The first kappa shape index (κ1) is 11.8. The number of benzene rings is 1. The van der Waals surface area contributed by atoms with Crippen LogP contribution in [0.25, 0.3) is 0 Å². The first-order valence-corrected chi connectivity index (χ1v) is 5.83. The van der Waals surface area contributed by atoms with Crippen molar-refractivity contribution in [2.24, 2.45) is 5.92 Å². The van der Waals surface area contributed by atoms with Crippen LogP contribution in [0.15, 0.2) is 24.3 Å². The van der Waals surface area contributed by atoms with E-state index in [4.69, 9.17) is 9.47 Å². The fraction of sp³-hybridized carbons (Fsp3) is 0.462. The molecule has 2 rings (SSSR count). The van der Waals surface area contributed by atoms with Gasteiger partial charge in [-0.15, -0.1) is 0 Å². The monoisotopic (exact) mass is 235 g/mol. The summed E-state index contributed by atoms with van der Waals surface area (Å²) in [6, 6.07) is 7.55. The summed E-state index contributed by atoms with van der Waals surface area (Å²) in [6.07, 6.45) is -0.118. The van der Waals surface area contributed by atoms with Crippen molar-refractivity contribution in [1.82, 2.24) is 5.32 Å². The molecule has 0 fully saturated rings. The van der Waals surface area contributed by atoms with Crippen molar-refractivity contribution in [3.63, 3.8) is 0 Å². The Bertz CT molecular complexity index is 403. The number of carbonyl (C=O) groups is 1. The van der Waals surface area contributed by atoms with Crippen LogP contribution in [0.4, 0.5) is 0 Å². The van der Waals surface area contributed by atoms with E-state index in [9.17, 15) is 4.79 Å². The first-order chi connectivity index (χ1) is 8.16. The summed E-state index contributed by atoms with van der Waals surface area (Å²) in [5, 5.41) is 2.84. The highest BCUT2D eigenvalue weighted by Gasteiger charge is 2.21. The van der Waals surface area contributed by atoms with Crippen LogP contribution in [0, 0.1) is 5.92 Å². The molecule has 4 heteroatoms. The largest absolute Gasteiger partial charge is 0.486 e. The third kappa shape index (κ3) is 2.90. The van der Waals surface area contributed by atoms with Gasteiger partial charge in [-0.2, -0.15) is 0 Å². The Morgan fingerprint density at radius 2 is 2.12 bits per heavy atom. The van der Waals surface area contributed by atoms with E-state index in [1.54, 1.807) is 0 Å². The number of rotatable bonds is 3. The molecule has 1 aliphatic heterocycles. The van der Waals surface area contributed by atoms with Gasteiger partial charge < -0.3 is 14.8 Å². The van der Waals surface area contributed by atoms with Gasteiger partial charge in [0.05, 0.1) is 6.54 Å². The lowest BCUT2D eigenvalue weighted by molar-refractivity contribution is -0.124. The van der Waals surface area contributed by atoms with E-state index in [1.807, 2.05) is 38.1 Å². The van der Waals surface area contributed by atoms with Crippen molar-refractivity contribution in [1.29, 1.82) is 0 Å². The average Bonchev–Trinajstić information content (AvgIpc) is 2.35. The minimum Gasteiger partial charge on any atom is -0.486 e. The van der Waals surface area contributed by atoms with Crippen LogP contribution >= 0.6 is 0 Å². The van der Waals surface area contributed by atoms with Crippen molar-refractivity contribution in [3.05, 3.63) is 24.3 Å². The molecule has 1 heterocycles. The Kier molecular flexibility index (Phi) is 3.52. The van der Waals surface area contributed by atoms with E-state index in [0.717, 1.165) is 11.5 Å². The summed E-state index contributed by atoms with van der Waals surface area (Å²) in [5.74, 6) is 1.53. The predicted octanol–water partition coefficient (Wildman–Crippen LogP) is 1.60. The van der Waals surface area contributed by atoms with E-state index in [1.165, 1.54) is 0 Å². The molecule has 17 heavy (non-hydrogen) atoms. The van der Waals surface area contributed by atoms with Crippen LogP contribution in [-0.2, 0) is 4.79 Å². The topological polar surface area (TPSA) is 47.6 Å². The summed E-state index contributed by atoms with van der Waals surface area (Å²) in [5.41, 5.74) is 0. The Hall–Kier alpha value is -1.71. The third-order valence-electron chi connectivity index (χ3n) is 2.60. The number of nitrogens with one attached hydrogen (secondary N) is 1. The molecule has 1 atom stereocenters. The molecule has 0 spiro atoms. The van der Waals surface area contributed by atoms with Crippen molar-refractivity contribution in [3.8, 4) is 11.5 Å². The zero-order valence-electron chi connectivity index (χ0n) is 10.1. The van der Waals surface area contributed by atoms with Gasteiger partial charge in [-0.3, -0.25) is 4.79 Å². The standard InChI is InChI=1S/C13H17NO3/c1-9(2)13(15)14-7-10-8-16-11-5-3-4-6-12(11)17-10/h3-6,9-10H,7-8H2,1-2H3,(H,14,15)/t10-/m0/s1. The maximum Gasteiger partial charge on any atom is 0.222 e. The Morgan fingerprint density at radius 1 is 1.41 bits per heavy atom. The highest BCUT2D eigenvalue weighted by atomic mass is 16.6. The van der Waals surface area contributed by atoms with Crippen molar-refractivity contribution in [2.45, 2.75) is 20.0 Å². The number of hydrogen-bond acceptors (Lipinski definition) is 3. The maximum atomic E-state index is 11.4. The minimum atomic E-state index is -0.118. The van der Waals surface area contributed by atoms with Gasteiger partial charge in [0.15, 0.2) is 11.5 Å². The second kappa shape index (κ2) is 5.08.